The highest BCUT2D eigenvalue weighted by Gasteiger charge is 2.28. The van der Waals surface area contributed by atoms with E-state index in [0.717, 1.165) is 6.04 Å². The van der Waals surface area contributed by atoms with Crippen LogP contribution < -0.4 is 4.90 Å². The summed E-state index contributed by atoms with van der Waals surface area (Å²) in [4.78, 5) is 5.23. The van der Waals surface area contributed by atoms with Gasteiger partial charge < -0.3 is 4.90 Å². The van der Waals surface area contributed by atoms with Crippen LogP contribution in [0, 0.1) is 0 Å². The van der Waals surface area contributed by atoms with E-state index in [2.05, 4.69) is 40.1 Å². The molecule has 2 aliphatic heterocycles. The van der Waals surface area contributed by atoms with Crippen LogP contribution >= 0.6 is 0 Å². The van der Waals surface area contributed by atoms with Gasteiger partial charge in [0, 0.05) is 31.4 Å². The second kappa shape index (κ2) is 4.46. The quantitative estimate of drug-likeness (QED) is 0.711. The minimum absolute atomic E-state index is 0.808. The summed E-state index contributed by atoms with van der Waals surface area (Å²) in [5.74, 6) is 0. The van der Waals surface area contributed by atoms with E-state index in [1.807, 2.05) is 0 Å². The molecule has 16 heavy (non-hydrogen) atoms. The average Bonchev–Trinajstić information content (AvgIpc) is 2.39. The van der Waals surface area contributed by atoms with E-state index in [1.54, 1.807) is 0 Å². The topological polar surface area (TPSA) is 6.48 Å². The lowest BCUT2D eigenvalue weighted by Gasteiger charge is -2.44. The van der Waals surface area contributed by atoms with Crippen LogP contribution in [0.3, 0.4) is 0 Å². The first kappa shape index (κ1) is 10.2. The van der Waals surface area contributed by atoms with Crippen molar-refractivity contribution in [2.45, 2.75) is 25.3 Å². The summed E-state index contributed by atoms with van der Waals surface area (Å²) in [6, 6.07) is 11.7. The number of anilines is 1. The van der Waals surface area contributed by atoms with Gasteiger partial charge in [0.25, 0.3) is 0 Å². The third-order valence-electron chi connectivity index (χ3n) is 3.96. The summed E-state index contributed by atoms with van der Waals surface area (Å²) in [5, 5.41) is 0. The van der Waals surface area contributed by atoms with Gasteiger partial charge in [-0.25, -0.2) is 0 Å². The first-order chi connectivity index (χ1) is 7.93. The van der Waals surface area contributed by atoms with Crippen molar-refractivity contribution in [2.75, 3.05) is 31.1 Å². The molecule has 2 fully saturated rings. The van der Waals surface area contributed by atoms with Crippen molar-refractivity contribution >= 4 is 5.69 Å². The van der Waals surface area contributed by atoms with Gasteiger partial charge in [0.1, 0.15) is 0 Å². The van der Waals surface area contributed by atoms with Crippen LogP contribution in [0.2, 0.25) is 0 Å². The van der Waals surface area contributed by atoms with Crippen LogP contribution in [0.4, 0.5) is 5.69 Å². The molecule has 2 heteroatoms. The molecule has 1 aromatic rings. The Labute approximate surface area is 97.9 Å². The van der Waals surface area contributed by atoms with Gasteiger partial charge in [-0.15, -0.1) is 0 Å². The van der Waals surface area contributed by atoms with Gasteiger partial charge in [0.15, 0.2) is 0 Å². The van der Waals surface area contributed by atoms with Gasteiger partial charge in [0.05, 0.1) is 0 Å². The Morgan fingerprint density at radius 2 is 1.81 bits per heavy atom. The van der Waals surface area contributed by atoms with E-state index >= 15 is 0 Å². The van der Waals surface area contributed by atoms with Crippen molar-refractivity contribution in [3.63, 3.8) is 0 Å². The molecule has 3 rings (SSSR count). The van der Waals surface area contributed by atoms with Crippen molar-refractivity contribution < 1.29 is 0 Å². The summed E-state index contributed by atoms with van der Waals surface area (Å²) in [6.45, 7) is 5.00. The number of rotatable bonds is 1. The van der Waals surface area contributed by atoms with Gasteiger partial charge in [-0.3, -0.25) is 4.90 Å². The summed E-state index contributed by atoms with van der Waals surface area (Å²) >= 11 is 0. The molecule has 2 saturated heterocycles. The Kier molecular flexibility index (Phi) is 2.83. The molecule has 0 aliphatic carbocycles. The Balaban J connectivity index is 1.71. The summed E-state index contributed by atoms with van der Waals surface area (Å²) in [5.41, 5.74) is 1.40. The third-order valence-corrected chi connectivity index (χ3v) is 3.96. The van der Waals surface area contributed by atoms with E-state index in [9.17, 15) is 0 Å². The predicted octanol–water partition coefficient (Wildman–Crippen LogP) is 2.36. The number of hydrogen-bond acceptors (Lipinski definition) is 2. The molecule has 0 N–H and O–H groups in total. The van der Waals surface area contributed by atoms with Crippen molar-refractivity contribution in [3.8, 4) is 0 Å². The van der Waals surface area contributed by atoms with Crippen LogP contribution in [-0.4, -0.2) is 37.1 Å². The summed E-state index contributed by atoms with van der Waals surface area (Å²) < 4.78 is 0. The molecule has 0 radical (unpaired) electrons. The normalized spacial score (nSPS) is 26.5. The Bertz CT molecular complexity index is 336. The van der Waals surface area contributed by atoms with E-state index in [1.165, 1.54) is 51.1 Å². The molecule has 0 saturated carbocycles. The lowest BCUT2D eigenvalue weighted by molar-refractivity contribution is 0.133. The molecule has 0 spiro atoms. The van der Waals surface area contributed by atoms with E-state index in [0.29, 0.717) is 0 Å². The molecule has 0 aromatic heterocycles. The number of piperazine rings is 1. The zero-order valence-electron chi connectivity index (χ0n) is 9.81. The Morgan fingerprint density at radius 3 is 2.69 bits per heavy atom. The number of hydrogen-bond donors (Lipinski definition) is 0. The van der Waals surface area contributed by atoms with E-state index in [-0.39, 0.29) is 0 Å². The molecule has 2 aliphatic rings. The maximum atomic E-state index is 2.68. The van der Waals surface area contributed by atoms with Crippen LogP contribution in [-0.2, 0) is 0 Å². The van der Waals surface area contributed by atoms with Crippen LogP contribution in [0.1, 0.15) is 19.3 Å². The number of fused-ring (bicyclic) bond motifs is 1. The molecule has 0 bridgehead atoms. The summed E-state index contributed by atoms with van der Waals surface area (Å²) in [6.07, 6.45) is 4.22. The fraction of sp³-hybridized carbons (Fsp3) is 0.571. The Morgan fingerprint density at radius 1 is 0.938 bits per heavy atom. The predicted molar refractivity (Wildman–Crippen MR) is 67.9 cm³/mol. The van der Waals surface area contributed by atoms with Crippen molar-refractivity contribution in [3.05, 3.63) is 30.3 Å². The number of para-hydroxylation sites is 1. The maximum absolute atomic E-state index is 2.68. The fourth-order valence-corrected chi connectivity index (χ4v) is 3.03. The fourth-order valence-electron chi connectivity index (χ4n) is 3.03. The lowest BCUT2D eigenvalue weighted by atomic mass is 9.99. The minimum Gasteiger partial charge on any atom is -0.369 e. The number of nitrogens with zero attached hydrogens (tertiary/aromatic N) is 2. The highest BCUT2D eigenvalue weighted by Crippen LogP contribution is 2.24. The smallest absolute Gasteiger partial charge is 0.0367 e. The summed E-state index contributed by atoms with van der Waals surface area (Å²) in [7, 11) is 0. The molecule has 2 heterocycles. The number of piperidine rings is 1. The van der Waals surface area contributed by atoms with Gasteiger partial charge >= 0.3 is 0 Å². The SMILES string of the molecule is c1ccc(N2CCN3CCCCC3C2)cc1. The molecule has 1 atom stereocenters. The van der Waals surface area contributed by atoms with Gasteiger partial charge in [-0.2, -0.15) is 0 Å². The third kappa shape index (κ3) is 1.94. The lowest BCUT2D eigenvalue weighted by Crippen LogP contribution is -2.54. The average molecular weight is 216 g/mol. The first-order valence-electron chi connectivity index (χ1n) is 6.47. The Hall–Kier alpha value is -1.02. The molecule has 1 aromatic carbocycles. The maximum Gasteiger partial charge on any atom is 0.0367 e. The molecular weight excluding hydrogens is 196 g/mol. The first-order valence-corrected chi connectivity index (χ1v) is 6.47. The van der Waals surface area contributed by atoms with Crippen molar-refractivity contribution in [2.24, 2.45) is 0 Å². The monoisotopic (exact) mass is 216 g/mol. The second-order valence-corrected chi connectivity index (χ2v) is 4.97. The molecule has 2 nitrogen and oxygen atoms in total. The van der Waals surface area contributed by atoms with E-state index in [4.69, 9.17) is 0 Å². The highest BCUT2D eigenvalue weighted by atomic mass is 15.3. The standard InChI is InChI=1S/C14H20N2/c1-2-6-13(7-3-1)16-11-10-15-9-5-4-8-14(15)12-16/h1-3,6-7,14H,4-5,8-12H2. The number of benzene rings is 1. The van der Waals surface area contributed by atoms with Crippen molar-refractivity contribution in [1.29, 1.82) is 0 Å². The van der Waals surface area contributed by atoms with Crippen LogP contribution in [0.15, 0.2) is 30.3 Å². The minimum atomic E-state index is 0.808. The zero-order valence-corrected chi connectivity index (χ0v) is 9.81. The van der Waals surface area contributed by atoms with Gasteiger partial charge in [-0.05, 0) is 31.5 Å². The zero-order chi connectivity index (χ0) is 10.8. The largest absolute Gasteiger partial charge is 0.369 e. The molecule has 86 valence electrons. The van der Waals surface area contributed by atoms with Crippen LogP contribution in [0.5, 0.6) is 0 Å². The van der Waals surface area contributed by atoms with Crippen LogP contribution in [0.25, 0.3) is 0 Å². The van der Waals surface area contributed by atoms with Crippen molar-refractivity contribution in [1.82, 2.24) is 4.90 Å². The second-order valence-electron chi connectivity index (χ2n) is 4.97. The molecular formula is C14H20N2. The molecule has 1 unspecified atom stereocenters. The van der Waals surface area contributed by atoms with Gasteiger partial charge in [-0.1, -0.05) is 24.6 Å². The highest BCUT2D eigenvalue weighted by molar-refractivity contribution is 5.46. The molecule has 0 amide bonds. The van der Waals surface area contributed by atoms with E-state index < -0.39 is 0 Å². The van der Waals surface area contributed by atoms with Gasteiger partial charge in [0.2, 0.25) is 0 Å².